The van der Waals surface area contributed by atoms with Gasteiger partial charge >= 0.3 is 0 Å². The van der Waals surface area contributed by atoms with Gasteiger partial charge in [0.15, 0.2) is 0 Å². The Morgan fingerprint density at radius 2 is 2.06 bits per heavy atom. The maximum absolute atomic E-state index is 11.8. The van der Waals surface area contributed by atoms with Crippen LogP contribution in [0.15, 0.2) is 36.4 Å². The van der Waals surface area contributed by atoms with Crippen LogP contribution in [0.25, 0.3) is 6.08 Å². The van der Waals surface area contributed by atoms with Crippen molar-refractivity contribution >= 4 is 13.4 Å². The van der Waals surface area contributed by atoms with Crippen LogP contribution >= 0.6 is 7.37 Å². The molecule has 1 aromatic carbocycles. The lowest BCUT2D eigenvalue weighted by molar-refractivity contribution is 0.285. The molecule has 0 amide bonds. The van der Waals surface area contributed by atoms with Crippen LogP contribution in [-0.4, -0.2) is 24.2 Å². The Balaban J connectivity index is 2.56. The van der Waals surface area contributed by atoms with Gasteiger partial charge in [-0.3, -0.25) is 4.57 Å². The number of hydrogen-bond donors (Lipinski definition) is 1. The molecule has 0 spiro atoms. The van der Waals surface area contributed by atoms with Gasteiger partial charge < -0.3 is 9.63 Å². The van der Waals surface area contributed by atoms with Crippen LogP contribution in [0.3, 0.4) is 0 Å². The highest BCUT2D eigenvalue weighted by Crippen LogP contribution is 2.45. The molecule has 16 heavy (non-hydrogen) atoms. The Hall–Kier alpha value is -0.890. The summed E-state index contributed by atoms with van der Waals surface area (Å²) in [5.41, 5.74) is 1.04. The molecule has 0 aliphatic heterocycles. The van der Waals surface area contributed by atoms with Crippen molar-refractivity contribution in [3.8, 4) is 0 Å². The van der Waals surface area contributed by atoms with Crippen molar-refractivity contribution in [2.75, 3.05) is 19.1 Å². The molecule has 0 saturated heterocycles. The number of aliphatic hydroxyl groups excluding tert-OH is 1. The van der Waals surface area contributed by atoms with E-state index in [4.69, 9.17) is 9.63 Å². The van der Waals surface area contributed by atoms with Crippen molar-refractivity contribution in [1.82, 2.24) is 0 Å². The quantitative estimate of drug-likeness (QED) is 0.777. The molecule has 0 aliphatic rings. The molecule has 4 heteroatoms. The number of benzene rings is 1. The summed E-state index contributed by atoms with van der Waals surface area (Å²) in [4.78, 5) is 0. The lowest BCUT2D eigenvalue weighted by atomic mass is 10.2. The second-order valence-electron chi connectivity index (χ2n) is 3.37. The van der Waals surface area contributed by atoms with E-state index in [9.17, 15) is 4.57 Å². The molecule has 0 fully saturated rings. The predicted molar refractivity (Wildman–Crippen MR) is 66.7 cm³/mol. The van der Waals surface area contributed by atoms with Gasteiger partial charge in [-0.05, 0) is 12.5 Å². The highest BCUT2D eigenvalue weighted by molar-refractivity contribution is 7.58. The Bertz CT molecular complexity index is 373. The van der Waals surface area contributed by atoms with Crippen LogP contribution < -0.4 is 0 Å². The zero-order valence-electron chi connectivity index (χ0n) is 9.37. The molecular formula is C12H17O3P. The first kappa shape index (κ1) is 13.2. The Labute approximate surface area is 96.2 Å². The largest absolute Gasteiger partial charge is 0.386 e. The van der Waals surface area contributed by atoms with E-state index < -0.39 is 13.7 Å². The fourth-order valence-corrected chi connectivity index (χ4v) is 2.50. The molecule has 1 N–H and O–H groups in total. The summed E-state index contributed by atoms with van der Waals surface area (Å²) in [6, 6.07) is 9.74. The predicted octanol–water partition coefficient (Wildman–Crippen LogP) is 2.96. The summed E-state index contributed by atoms with van der Waals surface area (Å²) in [7, 11) is -2.87. The zero-order chi connectivity index (χ0) is 11.9. The summed E-state index contributed by atoms with van der Waals surface area (Å²) < 4.78 is 16.9. The van der Waals surface area contributed by atoms with Crippen LogP contribution in [0.1, 0.15) is 12.5 Å². The molecule has 0 bridgehead atoms. The minimum Gasteiger partial charge on any atom is -0.386 e. The van der Waals surface area contributed by atoms with E-state index in [2.05, 4.69) is 0 Å². The lowest BCUT2D eigenvalue weighted by Crippen LogP contribution is -1.97. The molecule has 1 unspecified atom stereocenters. The van der Waals surface area contributed by atoms with E-state index in [0.717, 1.165) is 5.56 Å². The van der Waals surface area contributed by atoms with Crippen LogP contribution in [-0.2, 0) is 9.09 Å². The smallest absolute Gasteiger partial charge is 0.231 e. The van der Waals surface area contributed by atoms with E-state index in [0.29, 0.717) is 6.61 Å². The van der Waals surface area contributed by atoms with Gasteiger partial charge in [-0.15, -0.1) is 0 Å². The number of aliphatic hydroxyl groups is 1. The summed E-state index contributed by atoms with van der Waals surface area (Å²) in [5.74, 6) is 0. The SMILES string of the molecule is CCOP(=O)(CO)C/C=C/c1ccccc1. The van der Waals surface area contributed by atoms with Crippen molar-refractivity contribution < 1.29 is 14.2 Å². The van der Waals surface area contributed by atoms with E-state index >= 15 is 0 Å². The molecule has 1 rings (SSSR count). The lowest BCUT2D eigenvalue weighted by Gasteiger charge is -2.12. The van der Waals surface area contributed by atoms with Crippen molar-refractivity contribution in [3.63, 3.8) is 0 Å². The summed E-state index contributed by atoms with van der Waals surface area (Å²) in [6.07, 6.45) is 3.52. The highest BCUT2D eigenvalue weighted by Gasteiger charge is 2.18. The molecule has 1 atom stereocenters. The summed E-state index contributed by atoms with van der Waals surface area (Å²) in [6.45, 7) is 2.13. The Morgan fingerprint density at radius 3 is 2.62 bits per heavy atom. The molecule has 88 valence electrons. The van der Waals surface area contributed by atoms with Crippen LogP contribution in [0.2, 0.25) is 0 Å². The average molecular weight is 240 g/mol. The first-order chi connectivity index (χ1) is 7.70. The first-order valence-corrected chi connectivity index (χ1v) is 7.25. The molecule has 3 nitrogen and oxygen atoms in total. The normalized spacial score (nSPS) is 15.1. The van der Waals surface area contributed by atoms with E-state index in [1.807, 2.05) is 36.4 Å². The fraction of sp³-hybridized carbons (Fsp3) is 0.333. The number of rotatable bonds is 6. The second-order valence-corrected chi connectivity index (χ2v) is 5.90. The minimum absolute atomic E-state index is 0.270. The van der Waals surface area contributed by atoms with Gasteiger partial charge in [0, 0.05) is 6.16 Å². The monoisotopic (exact) mass is 240 g/mol. The fourth-order valence-electron chi connectivity index (χ4n) is 1.30. The van der Waals surface area contributed by atoms with E-state index in [1.165, 1.54) is 0 Å². The standard InChI is InChI=1S/C12H17O3P/c1-2-15-16(14,11-13)10-6-9-12-7-4-3-5-8-12/h3-9,13H,2,10-11H2,1H3/b9-6+. The van der Waals surface area contributed by atoms with E-state index in [-0.39, 0.29) is 6.16 Å². The van der Waals surface area contributed by atoms with Gasteiger partial charge in [-0.2, -0.15) is 0 Å². The molecule has 0 saturated carbocycles. The van der Waals surface area contributed by atoms with E-state index in [1.54, 1.807) is 13.0 Å². The Kier molecular flexibility index (Phi) is 5.47. The van der Waals surface area contributed by atoms with Crippen molar-refractivity contribution in [3.05, 3.63) is 42.0 Å². The number of hydrogen-bond acceptors (Lipinski definition) is 3. The zero-order valence-corrected chi connectivity index (χ0v) is 10.3. The second kappa shape index (κ2) is 6.64. The minimum atomic E-state index is -2.87. The van der Waals surface area contributed by atoms with Crippen LogP contribution in [0.5, 0.6) is 0 Å². The maximum atomic E-state index is 11.8. The van der Waals surface area contributed by atoms with Gasteiger partial charge in [0.2, 0.25) is 7.37 Å². The van der Waals surface area contributed by atoms with Crippen molar-refractivity contribution in [2.45, 2.75) is 6.92 Å². The Morgan fingerprint density at radius 1 is 1.38 bits per heavy atom. The summed E-state index contributed by atoms with van der Waals surface area (Å²) >= 11 is 0. The molecule has 0 heterocycles. The van der Waals surface area contributed by atoms with Crippen molar-refractivity contribution in [1.29, 1.82) is 0 Å². The van der Waals surface area contributed by atoms with Gasteiger partial charge in [-0.25, -0.2) is 0 Å². The van der Waals surface area contributed by atoms with Gasteiger partial charge in [0.1, 0.15) is 6.35 Å². The third-order valence-corrected chi connectivity index (χ3v) is 4.00. The third kappa shape index (κ3) is 4.31. The molecule has 1 aromatic rings. The third-order valence-electron chi connectivity index (χ3n) is 2.07. The van der Waals surface area contributed by atoms with Crippen molar-refractivity contribution in [2.24, 2.45) is 0 Å². The molecule has 0 aliphatic carbocycles. The molecular weight excluding hydrogens is 223 g/mol. The van der Waals surface area contributed by atoms with Crippen LogP contribution in [0, 0.1) is 0 Å². The highest BCUT2D eigenvalue weighted by atomic mass is 31.2. The van der Waals surface area contributed by atoms with Gasteiger partial charge in [0.25, 0.3) is 0 Å². The average Bonchev–Trinajstić information content (AvgIpc) is 2.31. The van der Waals surface area contributed by atoms with Gasteiger partial charge in [-0.1, -0.05) is 42.5 Å². The summed E-state index contributed by atoms with van der Waals surface area (Å²) in [5, 5.41) is 8.99. The molecule has 0 aromatic heterocycles. The number of allylic oxidation sites excluding steroid dienone is 1. The first-order valence-electron chi connectivity index (χ1n) is 5.25. The topological polar surface area (TPSA) is 46.5 Å². The maximum Gasteiger partial charge on any atom is 0.231 e. The molecule has 0 radical (unpaired) electrons. The van der Waals surface area contributed by atoms with Gasteiger partial charge in [0.05, 0.1) is 6.61 Å². The van der Waals surface area contributed by atoms with Crippen LogP contribution in [0.4, 0.5) is 0 Å².